The van der Waals surface area contributed by atoms with Gasteiger partial charge in [0.25, 0.3) is 11.1 Å². The zero-order valence-corrected chi connectivity index (χ0v) is 42.2. The maximum atomic E-state index is 12.2. The van der Waals surface area contributed by atoms with Gasteiger partial charge in [-0.1, -0.05) is 46.7 Å². The first-order valence-corrected chi connectivity index (χ1v) is 26.5. The number of amides is 2. The molecule has 0 fully saturated rings. The van der Waals surface area contributed by atoms with E-state index in [-0.39, 0.29) is 61.4 Å². The summed E-state index contributed by atoms with van der Waals surface area (Å²) in [6.45, 7) is 3.37. The van der Waals surface area contributed by atoms with Crippen LogP contribution in [0.25, 0.3) is 44.6 Å². The summed E-state index contributed by atoms with van der Waals surface area (Å²) in [6.07, 6.45) is 6.19. The number of halogens is 2. The van der Waals surface area contributed by atoms with Gasteiger partial charge in [-0.3, -0.25) is 19.2 Å². The van der Waals surface area contributed by atoms with Crippen molar-refractivity contribution in [2.24, 2.45) is 0 Å². The summed E-state index contributed by atoms with van der Waals surface area (Å²) >= 11 is 6.43. The number of carbonyl (C=O) groups excluding carboxylic acids is 2. The summed E-state index contributed by atoms with van der Waals surface area (Å²) in [5.41, 5.74) is 1.06. The van der Waals surface area contributed by atoms with Crippen molar-refractivity contribution >= 4 is 96.2 Å². The highest BCUT2D eigenvalue weighted by Crippen LogP contribution is 2.20. The number of hydrogen-bond donors (Lipinski definition) is 8. The van der Waals surface area contributed by atoms with Crippen molar-refractivity contribution in [2.75, 3.05) is 50.0 Å². The van der Waals surface area contributed by atoms with Crippen molar-refractivity contribution in [3.05, 3.63) is 118 Å². The largest absolute Gasteiger partial charge is 0.395 e. The molecule has 26 heteroatoms. The van der Waals surface area contributed by atoms with E-state index in [1.165, 1.54) is 0 Å². The van der Waals surface area contributed by atoms with Crippen molar-refractivity contribution in [1.82, 2.24) is 60.4 Å². The maximum Gasteiger partial charge on any atom is 0.272 e. The Bertz CT molecular complexity index is 3060. The van der Waals surface area contributed by atoms with Crippen LogP contribution in [0.2, 0.25) is 0 Å². The molecule has 8 aromatic rings. The van der Waals surface area contributed by atoms with Crippen molar-refractivity contribution in [3.8, 4) is 23.0 Å². The minimum atomic E-state index is -0.227. The SMILES string of the molecule is Cl.O=C(CCc1nc(-c2cccn2CCO)no1)NCCCNc1n[nH]c(=O)c2ccccc12.S=PI.[3H]OCCn1cccc1-c1noc(CCC(=O)NCCCNc2n[nH]c(=O)c3ccccc23)n1. The number of aryl methyl sites for hydroxylation is 2. The smallest absolute Gasteiger partial charge is 0.272 e. The first-order chi connectivity index (χ1) is 34.2. The Morgan fingerprint density at radius 2 is 1.11 bits per heavy atom. The van der Waals surface area contributed by atoms with Gasteiger partial charge in [0.15, 0.2) is 11.6 Å². The van der Waals surface area contributed by atoms with Crippen LogP contribution in [0.3, 0.4) is 0 Å². The monoisotopic (exact) mass is 1130 g/mol. The highest BCUT2D eigenvalue weighted by Gasteiger charge is 2.15. The molecule has 8 N–H and O–H groups in total. The Morgan fingerprint density at radius 3 is 1.54 bits per heavy atom. The lowest BCUT2D eigenvalue weighted by Gasteiger charge is -2.08. The molecule has 6 aromatic heterocycles. The number of rotatable bonds is 23. The zero-order chi connectivity index (χ0) is 49.5. The first kappa shape index (κ1) is 52.9. The Hall–Kier alpha value is -6.44. The van der Waals surface area contributed by atoms with E-state index in [9.17, 15) is 19.2 Å². The van der Waals surface area contributed by atoms with E-state index in [0.717, 1.165) is 27.2 Å². The van der Waals surface area contributed by atoms with Gasteiger partial charge >= 0.3 is 0 Å². The Kier molecular flexibility index (Phi) is 21.9. The lowest BCUT2D eigenvalue weighted by atomic mass is 10.2. The number of hydrogen-bond acceptors (Lipinski definition) is 17. The number of nitrogens with zero attached hydrogens (tertiary/aromatic N) is 8. The van der Waals surface area contributed by atoms with Crippen LogP contribution in [0.4, 0.5) is 11.6 Å². The molecule has 2 aromatic carbocycles. The summed E-state index contributed by atoms with van der Waals surface area (Å²) in [7, 11) is 0. The number of benzene rings is 2. The first-order valence-electron chi connectivity index (χ1n) is 22.2. The van der Waals surface area contributed by atoms with Gasteiger partial charge < -0.3 is 49.7 Å². The van der Waals surface area contributed by atoms with Gasteiger partial charge in [-0.15, -0.1) is 12.4 Å². The molecule has 2 amide bonds. The highest BCUT2D eigenvalue weighted by atomic mass is 127. The molecule has 0 saturated carbocycles. The molecule has 0 saturated heterocycles. The van der Waals surface area contributed by atoms with E-state index in [1.54, 1.807) is 24.3 Å². The second-order valence-electron chi connectivity index (χ2n) is 14.8. The molecule has 0 spiro atoms. The van der Waals surface area contributed by atoms with Crippen molar-refractivity contribution in [2.45, 2.75) is 51.6 Å². The summed E-state index contributed by atoms with van der Waals surface area (Å²) in [5.74, 6) is 2.62. The van der Waals surface area contributed by atoms with Gasteiger partial charge in [0.2, 0.25) is 36.7 Å². The fourth-order valence-electron chi connectivity index (χ4n) is 6.91. The van der Waals surface area contributed by atoms with Crippen LogP contribution in [0.1, 0.15) is 37.5 Å². The van der Waals surface area contributed by atoms with E-state index in [0.29, 0.717) is 111 Å². The van der Waals surface area contributed by atoms with Gasteiger partial charge in [0.05, 0.1) is 35.4 Å². The fourth-order valence-corrected chi connectivity index (χ4v) is 6.91. The average molecular weight is 1130 g/mol. The number of aliphatic hydroxyl groups excluding tert-OH is 2. The van der Waals surface area contributed by atoms with E-state index >= 15 is 0 Å². The quantitative estimate of drug-likeness (QED) is 0.0242. The minimum absolute atomic E-state index is 0. The third kappa shape index (κ3) is 15.8. The molecule has 6 heterocycles. The Balaban J connectivity index is 0.000000247. The molecule has 22 nitrogen and oxygen atoms in total. The van der Waals surface area contributed by atoms with Gasteiger partial charge in [-0.25, -0.2) is 10.2 Å². The fraction of sp³-hybridized carbons (Fsp3) is 0.318. The standard InChI is InChI=1S/2C22H25N7O4.ClH.IPS/c2*30-14-13-29-12-3-7-17(29)21-25-19(33-28-21)9-8-18(31)23-10-4-11-24-20-15-5-1-2-6-16(15)22(32)27-26-20;;1-2-3/h2*1-3,5-7,12,30H,4,8-11,13-14H2,(H,23,31)(H,24,26)(H,27,32);1H;/i30T;;;. The number of carbonyl (C=O) groups is 2. The third-order valence-electron chi connectivity index (χ3n) is 10.2. The van der Waals surface area contributed by atoms with E-state index in [2.05, 4.69) is 101 Å². The van der Waals surface area contributed by atoms with Gasteiger partial charge in [0, 0.05) is 93.1 Å². The van der Waals surface area contributed by atoms with Crippen LogP contribution in [-0.2, 0) is 47.3 Å². The second-order valence-corrected chi connectivity index (χ2v) is 18.9. The molecule has 370 valence electrons. The van der Waals surface area contributed by atoms with E-state index in [4.69, 9.17) is 15.6 Å². The minimum Gasteiger partial charge on any atom is -0.395 e. The van der Waals surface area contributed by atoms with E-state index < -0.39 is 0 Å². The zero-order valence-electron chi connectivity index (χ0n) is 38.5. The maximum absolute atomic E-state index is 12.2. The number of aliphatic hydroxyl groups is 2. The van der Waals surface area contributed by atoms with Gasteiger partial charge in [-0.05, 0) is 83.1 Å². The van der Waals surface area contributed by atoms with Crippen molar-refractivity contribution < 1.29 is 28.9 Å². The molecular weight excluding hydrogens is 1080 g/mol. The number of anilines is 2. The topological polar surface area (TPSA) is 302 Å². The summed E-state index contributed by atoms with van der Waals surface area (Å²) in [6, 6.07) is 21.9. The van der Waals surface area contributed by atoms with Crippen LogP contribution < -0.4 is 32.4 Å². The number of aromatic amines is 2. The van der Waals surface area contributed by atoms with Crippen LogP contribution >= 0.6 is 39.4 Å². The van der Waals surface area contributed by atoms with Crippen molar-refractivity contribution in [1.29, 1.82) is 1.43 Å². The Morgan fingerprint density at radius 1 is 0.686 bits per heavy atom. The number of H-pyrrole nitrogens is 2. The van der Waals surface area contributed by atoms with Crippen LogP contribution in [-0.4, -0.2) is 113 Å². The molecule has 0 unspecified atom stereocenters. The molecule has 0 radical (unpaired) electrons. The summed E-state index contributed by atoms with van der Waals surface area (Å²) < 4.78 is 21.0. The number of nitrogens with one attached hydrogen (secondary N) is 6. The molecule has 70 heavy (non-hydrogen) atoms. The third-order valence-corrected chi connectivity index (χ3v) is 10.2. The van der Waals surface area contributed by atoms with Crippen LogP contribution in [0.5, 0.6) is 0 Å². The normalized spacial score (nSPS) is 10.9. The van der Waals surface area contributed by atoms with Gasteiger partial charge in [-0.2, -0.15) is 20.2 Å². The predicted octanol–water partition coefficient (Wildman–Crippen LogP) is 4.80. The van der Waals surface area contributed by atoms with Crippen LogP contribution in [0, 0.1) is 0 Å². The lowest BCUT2D eigenvalue weighted by Crippen LogP contribution is -2.26. The Labute approximate surface area is 427 Å². The lowest BCUT2D eigenvalue weighted by molar-refractivity contribution is -0.121. The number of fused-ring (bicyclic) bond motifs is 2. The average Bonchev–Trinajstić information content (AvgIpc) is 4.23. The second kappa shape index (κ2) is 28.9. The number of aromatic nitrogens is 10. The molecule has 0 aliphatic carbocycles. The molecule has 8 rings (SSSR count). The highest BCUT2D eigenvalue weighted by molar-refractivity contribution is 14.2. The predicted molar refractivity (Wildman–Crippen MR) is 279 cm³/mol. The molecule has 0 aliphatic rings. The molecule has 0 aliphatic heterocycles. The van der Waals surface area contributed by atoms with Gasteiger partial charge in [0.1, 0.15) is 0 Å². The molecule has 0 atom stereocenters. The van der Waals surface area contributed by atoms with Crippen molar-refractivity contribution in [3.63, 3.8) is 0 Å². The summed E-state index contributed by atoms with van der Waals surface area (Å²) in [4.78, 5) is 57.6. The summed E-state index contributed by atoms with van der Waals surface area (Å²) in [5, 5.41) is 49.3. The van der Waals surface area contributed by atoms with Crippen LogP contribution in [0.15, 0.2) is 104 Å². The van der Waals surface area contributed by atoms with E-state index in [1.807, 2.05) is 70.1 Å². The molecule has 0 bridgehead atoms. The molecular formula is C44H51ClIN14O8PS.